The number of nitro benzene ring substituents is 1. The van der Waals surface area contributed by atoms with Gasteiger partial charge < -0.3 is 10.1 Å². The van der Waals surface area contributed by atoms with Gasteiger partial charge in [0.2, 0.25) is 15.8 Å². The Morgan fingerprint density at radius 3 is 2.15 bits per heavy atom. The molecule has 14 nitrogen and oxygen atoms in total. The number of hydrogen-bond donors (Lipinski definition) is 3. The van der Waals surface area contributed by atoms with Crippen molar-refractivity contribution in [3.8, 4) is 11.1 Å². The van der Waals surface area contributed by atoms with Crippen LogP contribution in [-0.4, -0.2) is 42.6 Å². The second-order valence-corrected chi connectivity index (χ2v) is 12.9. The quantitative estimate of drug-likeness (QED) is 0.0562. The van der Waals surface area contributed by atoms with Crippen LogP contribution in [0.1, 0.15) is 37.9 Å². The van der Waals surface area contributed by atoms with E-state index in [-0.39, 0.29) is 39.3 Å². The first kappa shape index (κ1) is 35.0. The van der Waals surface area contributed by atoms with E-state index in [1.807, 2.05) is 0 Å². The number of hydrazone groups is 1. The zero-order valence-corrected chi connectivity index (χ0v) is 27.6. The summed E-state index contributed by atoms with van der Waals surface area (Å²) in [6.07, 6.45) is -1.44. The monoisotopic (exact) mass is 717 g/mol. The van der Waals surface area contributed by atoms with Gasteiger partial charge in [-0.15, -0.1) is 0 Å². The average molecular weight is 718 g/mol. The van der Waals surface area contributed by atoms with Crippen molar-refractivity contribution in [3.05, 3.63) is 160 Å². The number of nitrogens with zero attached hydrogens (tertiary/aromatic N) is 2. The number of hydrogen-bond acceptors (Lipinski definition) is 10. The summed E-state index contributed by atoms with van der Waals surface area (Å²) < 4.78 is 30.4. The smallest absolute Gasteiger partial charge is 0.339 e. The van der Waals surface area contributed by atoms with Gasteiger partial charge in [0.05, 0.1) is 26.7 Å². The predicted octanol–water partition coefficient (Wildman–Crippen LogP) is 4.78. The van der Waals surface area contributed by atoms with Crippen LogP contribution in [0.3, 0.4) is 0 Å². The second-order valence-electron chi connectivity index (χ2n) is 11.4. The highest BCUT2D eigenvalue weighted by atomic mass is 32.2. The van der Waals surface area contributed by atoms with Crippen molar-refractivity contribution in [2.75, 3.05) is 5.32 Å². The Labute approximate surface area is 296 Å². The first-order valence-corrected chi connectivity index (χ1v) is 17.0. The van der Waals surface area contributed by atoms with Crippen LogP contribution < -0.4 is 15.9 Å². The Bertz CT molecular complexity index is 2400. The van der Waals surface area contributed by atoms with Crippen LogP contribution in [0.15, 0.2) is 137 Å². The van der Waals surface area contributed by atoms with Gasteiger partial charge in [0.15, 0.2) is 0 Å². The van der Waals surface area contributed by atoms with Crippen molar-refractivity contribution in [3.63, 3.8) is 0 Å². The number of Topliss-reactive ketones (excluding diaryl/α,β-unsaturated/α-hetero) is 1. The highest BCUT2D eigenvalue weighted by Gasteiger charge is 2.46. The maximum atomic E-state index is 14.5. The number of primary sulfonamides is 1. The topological polar surface area (TPSA) is 217 Å². The molecule has 4 N–H and O–H groups in total. The molecule has 2 unspecified atom stereocenters. The average Bonchev–Trinajstić information content (AvgIpc) is 3.48. The van der Waals surface area contributed by atoms with E-state index in [0.717, 1.165) is 12.1 Å². The fourth-order valence-corrected chi connectivity index (χ4v) is 6.54. The number of sulfonamides is 1. The van der Waals surface area contributed by atoms with Crippen LogP contribution in [0, 0.1) is 16.0 Å². The second kappa shape index (κ2) is 14.6. The van der Waals surface area contributed by atoms with Crippen molar-refractivity contribution in [2.24, 2.45) is 16.2 Å². The summed E-state index contributed by atoms with van der Waals surface area (Å²) in [5, 5.41) is 23.5. The molecule has 0 saturated carbocycles. The molecule has 0 aliphatic carbocycles. The van der Waals surface area contributed by atoms with Gasteiger partial charge in [-0.3, -0.25) is 24.5 Å². The molecule has 52 heavy (non-hydrogen) atoms. The summed E-state index contributed by atoms with van der Waals surface area (Å²) in [6.45, 7) is 0. The van der Waals surface area contributed by atoms with E-state index in [1.165, 1.54) is 42.5 Å². The van der Waals surface area contributed by atoms with Crippen LogP contribution in [-0.2, 0) is 24.3 Å². The van der Waals surface area contributed by atoms with Crippen molar-refractivity contribution in [1.82, 2.24) is 5.43 Å². The third kappa shape index (κ3) is 7.21. The maximum Gasteiger partial charge on any atom is 0.339 e. The highest BCUT2D eigenvalue weighted by molar-refractivity contribution is 7.89. The largest absolute Gasteiger partial charge is 0.453 e. The molecule has 15 heteroatoms. The van der Waals surface area contributed by atoms with Gasteiger partial charge in [0.25, 0.3) is 17.5 Å². The minimum absolute atomic E-state index is 0.0637. The Morgan fingerprint density at radius 1 is 0.808 bits per heavy atom. The van der Waals surface area contributed by atoms with Crippen molar-refractivity contribution in [1.29, 1.82) is 0 Å². The third-order valence-corrected chi connectivity index (χ3v) is 9.11. The molecule has 0 bridgehead atoms. The number of non-ortho nitro benzene ring substituents is 1. The molecule has 2 atom stereocenters. The van der Waals surface area contributed by atoms with E-state index >= 15 is 0 Å². The number of carbonyl (C=O) groups excluding carboxylic acids is 4. The Hall–Kier alpha value is -6.84. The summed E-state index contributed by atoms with van der Waals surface area (Å²) in [5.74, 6) is -5.94. The lowest BCUT2D eigenvalue weighted by molar-refractivity contribution is -0.384. The van der Waals surface area contributed by atoms with E-state index in [4.69, 9.17) is 9.88 Å². The molecule has 5 aromatic carbocycles. The normalized spacial score (nSPS) is 14.4. The Balaban J connectivity index is 1.54. The molecule has 260 valence electrons. The number of nitro groups is 1. The summed E-state index contributed by atoms with van der Waals surface area (Å²) in [7, 11) is -4.36. The summed E-state index contributed by atoms with van der Waals surface area (Å²) in [4.78, 5) is 65.2. The SMILES string of the molecule is NS(=O)(=O)c1ccccc1C(=O)NN=C(c1ccccc1-c1ccccc1)C(C(=O)C(=O)Nc1cccc([N+](=O)[O-])c1)C1OC(=O)c2ccccc21. The molecule has 1 aliphatic heterocycles. The van der Waals surface area contributed by atoms with E-state index in [1.54, 1.807) is 72.8 Å². The van der Waals surface area contributed by atoms with Gasteiger partial charge in [-0.25, -0.2) is 23.8 Å². The summed E-state index contributed by atoms with van der Waals surface area (Å²) in [5.41, 5.74) is 3.13. The molecule has 6 rings (SSSR count). The number of amides is 2. The van der Waals surface area contributed by atoms with Gasteiger partial charge in [0.1, 0.15) is 12.0 Å². The Morgan fingerprint density at radius 2 is 1.44 bits per heavy atom. The molecule has 1 heterocycles. The first-order valence-electron chi connectivity index (χ1n) is 15.5. The number of ketones is 1. The summed E-state index contributed by atoms with van der Waals surface area (Å²) in [6, 6.07) is 31.9. The number of ether oxygens (including phenoxy) is 1. The van der Waals surface area contributed by atoms with E-state index < -0.39 is 55.4 Å². The lowest BCUT2D eigenvalue weighted by atomic mass is 9.82. The fourth-order valence-electron chi connectivity index (χ4n) is 5.80. The number of rotatable bonds is 11. The van der Waals surface area contributed by atoms with E-state index in [0.29, 0.717) is 11.1 Å². The minimum atomic E-state index is -4.36. The van der Waals surface area contributed by atoms with Crippen LogP contribution >= 0.6 is 0 Å². The number of esters is 1. The lowest BCUT2D eigenvalue weighted by Gasteiger charge is -2.25. The number of carbonyl (C=O) groups is 4. The molecule has 5 aromatic rings. The van der Waals surface area contributed by atoms with Crippen LogP contribution in [0.5, 0.6) is 0 Å². The highest BCUT2D eigenvalue weighted by Crippen LogP contribution is 2.40. The van der Waals surface area contributed by atoms with Gasteiger partial charge in [-0.2, -0.15) is 5.10 Å². The molecule has 0 fully saturated rings. The molecule has 1 aliphatic rings. The van der Waals surface area contributed by atoms with Gasteiger partial charge in [0, 0.05) is 28.9 Å². The first-order chi connectivity index (χ1) is 24.9. The zero-order chi connectivity index (χ0) is 37.0. The number of fused-ring (bicyclic) bond motifs is 1. The van der Waals surface area contributed by atoms with Crippen molar-refractivity contribution in [2.45, 2.75) is 11.0 Å². The van der Waals surface area contributed by atoms with Gasteiger partial charge >= 0.3 is 5.97 Å². The zero-order valence-electron chi connectivity index (χ0n) is 26.8. The molecule has 0 saturated heterocycles. The number of benzene rings is 5. The van der Waals surface area contributed by atoms with Crippen LogP contribution in [0.4, 0.5) is 11.4 Å². The standard InChI is InChI=1S/C37H27N5O9S/c38-52(49,50)30-20-9-8-19-29(30)35(44)41-40-32(26-16-5-4-15-25(26)22-11-2-1-3-12-22)31(34-27-17-6-7-18-28(27)37(46)51-34)33(43)36(45)39-23-13-10-14-24(21-23)42(47)48/h1-21,31,34H,(H,39,45)(H,41,44)(H2,38,49,50). The number of nitrogens with one attached hydrogen (secondary N) is 2. The third-order valence-electron chi connectivity index (χ3n) is 8.14. The Kier molecular flexibility index (Phi) is 9.80. The van der Waals surface area contributed by atoms with Crippen LogP contribution in [0.25, 0.3) is 11.1 Å². The minimum Gasteiger partial charge on any atom is -0.453 e. The number of nitrogens with two attached hydrogens (primary N) is 1. The fraction of sp³-hybridized carbons (Fsp3) is 0.0541. The molecular formula is C37H27N5O9S. The van der Waals surface area contributed by atoms with Crippen molar-refractivity contribution < 1.29 is 37.3 Å². The van der Waals surface area contributed by atoms with E-state index in [2.05, 4.69) is 15.8 Å². The van der Waals surface area contributed by atoms with Crippen LogP contribution in [0.2, 0.25) is 0 Å². The molecular weight excluding hydrogens is 691 g/mol. The predicted molar refractivity (Wildman–Crippen MR) is 189 cm³/mol. The van der Waals surface area contributed by atoms with E-state index in [9.17, 15) is 37.7 Å². The molecule has 0 aromatic heterocycles. The molecule has 2 amide bonds. The molecule has 0 spiro atoms. The van der Waals surface area contributed by atoms with Gasteiger partial charge in [-0.05, 0) is 35.4 Å². The maximum absolute atomic E-state index is 14.5. The molecule has 0 radical (unpaired) electrons. The van der Waals surface area contributed by atoms with Gasteiger partial charge in [-0.1, -0.05) is 91.0 Å². The summed E-state index contributed by atoms with van der Waals surface area (Å²) >= 11 is 0. The lowest BCUT2D eigenvalue weighted by Crippen LogP contribution is -2.40. The van der Waals surface area contributed by atoms with Crippen molar-refractivity contribution >= 4 is 50.7 Å². The number of anilines is 1. The number of cyclic esters (lactones) is 1.